The van der Waals surface area contributed by atoms with E-state index in [2.05, 4.69) is 15.2 Å². The monoisotopic (exact) mass is 575 g/mol. The molecule has 1 aromatic heterocycles. The van der Waals surface area contributed by atoms with Gasteiger partial charge in [0.05, 0.1) is 53.1 Å². The number of hydrogen-bond donors (Lipinski definition) is 3. The Bertz CT molecular complexity index is 1600. The van der Waals surface area contributed by atoms with Crippen LogP contribution in [0.2, 0.25) is 5.02 Å². The number of aliphatic hydroxyl groups is 1. The number of nitrogens with one attached hydrogen (secondary N) is 2. The number of aromatic nitrogens is 1. The summed E-state index contributed by atoms with van der Waals surface area (Å²) < 4.78 is 5.38. The van der Waals surface area contributed by atoms with Gasteiger partial charge in [0, 0.05) is 50.4 Å². The maximum atomic E-state index is 13.2. The van der Waals surface area contributed by atoms with E-state index in [-0.39, 0.29) is 23.9 Å². The lowest BCUT2D eigenvalue weighted by Crippen LogP contribution is -2.39. The number of rotatable bonds is 9. The number of carbonyl (C=O) groups is 2. The predicted molar refractivity (Wildman–Crippen MR) is 156 cm³/mol. The van der Waals surface area contributed by atoms with Crippen molar-refractivity contribution >= 4 is 40.5 Å². The minimum atomic E-state index is -0.847. The first-order chi connectivity index (χ1) is 19.9. The number of halogens is 1. The molecular formula is C30H30ClN5O5. The lowest BCUT2D eigenvalue weighted by Gasteiger charge is -2.27. The molecule has 0 spiro atoms. The van der Waals surface area contributed by atoms with Crippen molar-refractivity contribution in [2.75, 3.05) is 51.3 Å². The van der Waals surface area contributed by atoms with E-state index in [0.29, 0.717) is 77.0 Å². The van der Waals surface area contributed by atoms with E-state index in [0.717, 1.165) is 25.2 Å². The fourth-order valence-electron chi connectivity index (χ4n) is 5.56. The number of morpholine rings is 1. The Hall–Kier alpha value is -3.83. The fourth-order valence-corrected chi connectivity index (χ4v) is 5.75. The lowest BCUT2D eigenvalue weighted by atomic mass is 10.00. The number of pyridine rings is 1. The molecule has 212 valence electrons. The number of H-pyrrole nitrogens is 1. The Balaban J connectivity index is 1.17. The van der Waals surface area contributed by atoms with Crippen LogP contribution in [0, 0.1) is 0 Å². The van der Waals surface area contributed by atoms with Gasteiger partial charge in [0.2, 0.25) is 0 Å². The number of fused-ring (bicyclic) bond motifs is 2. The smallest absolute Gasteiger partial charge is 0.261 e. The number of amides is 2. The topological polar surface area (TPSA) is 127 Å². The van der Waals surface area contributed by atoms with Crippen LogP contribution in [-0.2, 0) is 11.2 Å². The van der Waals surface area contributed by atoms with E-state index in [1.54, 1.807) is 42.5 Å². The van der Waals surface area contributed by atoms with Gasteiger partial charge in [0.1, 0.15) is 0 Å². The van der Waals surface area contributed by atoms with Gasteiger partial charge in [0.25, 0.3) is 17.4 Å². The Labute approximate surface area is 241 Å². The van der Waals surface area contributed by atoms with E-state index < -0.39 is 6.10 Å². The summed E-state index contributed by atoms with van der Waals surface area (Å²) >= 11 is 6.05. The predicted octanol–water partition coefficient (Wildman–Crippen LogP) is 3.17. The van der Waals surface area contributed by atoms with Crippen LogP contribution in [0.25, 0.3) is 0 Å². The van der Waals surface area contributed by atoms with Gasteiger partial charge in [0.15, 0.2) is 0 Å². The summed E-state index contributed by atoms with van der Waals surface area (Å²) in [6, 6.07) is 12.1. The molecular weight excluding hydrogens is 546 g/mol. The van der Waals surface area contributed by atoms with Gasteiger partial charge in [-0.2, -0.15) is 0 Å². The molecule has 3 aliphatic rings. The van der Waals surface area contributed by atoms with Crippen molar-refractivity contribution in [1.29, 1.82) is 0 Å². The molecule has 11 heteroatoms. The number of imide groups is 1. The summed E-state index contributed by atoms with van der Waals surface area (Å²) in [4.78, 5) is 50.2. The lowest BCUT2D eigenvalue weighted by molar-refractivity contribution is 0.0355. The number of aliphatic imine (C=N–C) groups is 1. The zero-order valence-electron chi connectivity index (χ0n) is 22.4. The van der Waals surface area contributed by atoms with Gasteiger partial charge in [-0.05, 0) is 47.9 Å². The third-order valence-corrected chi connectivity index (χ3v) is 7.95. The third-order valence-electron chi connectivity index (χ3n) is 7.71. The fraction of sp³-hybridized carbons (Fsp3) is 0.333. The van der Waals surface area contributed by atoms with E-state index in [1.165, 1.54) is 11.1 Å². The molecule has 0 unspecified atom stereocenters. The second-order valence-corrected chi connectivity index (χ2v) is 10.8. The van der Waals surface area contributed by atoms with Gasteiger partial charge in [-0.3, -0.25) is 29.2 Å². The summed E-state index contributed by atoms with van der Waals surface area (Å²) in [7, 11) is 0. The zero-order chi connectivity index (χ0) is 28.5. The molecule has 3 aromatic rings. The molecule has 3 aliphatic heterocycles. The average Bonchev–Trinajstić information content (AvgIpc) is 3.49. The van der Waals surface area contributed by atoms with Crippen molar-refractivity contribution in [2.45, 2.75) is 18.9 Å². The van der Waals surface area contributed by atoms with Crippen LogP contribution in [0.3, 0.4) is 0 Å². The second kappa shape index (κ2) is 11.6. The first-order valence-electron chi connectivity index (χ1n) is 13.7. The molecule has 1 saturated heterocycles. The van der Waals surface area contributed by atoms with Crippen LogP contribution >= 0.6 is 11.6 Å². The van der Waals surface area contributed by atoms with Gasteiger partial charge < -0.3 is 20.1 Å². The summed E-state index contributed by atoms with van der Waals surface area (Å²) in [5.41, 5.74) is 3.79. The minimum absolute atomic E-state index is 0.149. The molecule has 10 nitrogen and oxygen atoms in total. The number of aromatic amines is 1. The van der Waals surface area contributed by atoms with Gasteiger partial charge in [-0.15, -0.1) is 0 Å². The quantitative estimate of drug-likeness (QED) is 0.334. The van der Waals surface area contributed by atoms with Crippen LogP contribution < -0.4 is 10.9 Å². The van der Waals surface area contributed by atoms with Crippen molar-refractivity contribution in [3.63, 3.8) is 0 Å². The van der Waals surface area contributed by atoms with Crippen molar-refractivity contribution in [2.24, 2.45) is 4.99 Å². The van der Waals surface area contributed by atoms with E-state index in [1.807, 2.05) is 0 Å². The summed E-state index contributed by atoms with van der Waals surface area (Å²) in [6.45, 7) is 4.45. The molecule has 1 atom stereocenters. The third kappa shape index (κ3) is 5.56. The van der Waals surface area contributed by atoms with Crippen molar-refractivity contribution in [1.82, 2.24) is 14.8 Å². The normalized spacial score (nSPS) is 17.4. The van der Waals surface area contributed by atoms with Crippen molar-refractivity contribution < 1.29 is 19.4 Å². The summed E-state index contributed by atoms with van der Waals surface area (Å²) in [5.74, 6) is -0.605. The number of hydrogen-bond acceptors (Lipinski definition) is 8. The molecule has 41 heavy (non-hydrogen) atoms. The summed E-state index contributed by atoms with van der Waals surface area (Å²) in [5, 5.41) is 14.3. The highest BCUT2D eigenvalue weighted by Crippen LogP contribution is 2.36. The first kappa shape index (κ1) is 27.3. The highest BCUT2D eigenvalue weighted by atomic mass is 35.5. The number of aliphatic hydroxyl groups excluding tert-OH is 1. The van der Waals surface area contributed by atoms with Gasteiger partial charge in [-0.1, -0.05) is 23.7 Å². The Morgan fingerprint density at radius 1 is 1.05 bits per heavy atom. The zero-order valence-corrected chi connectivity index (χ0v) is 23.1. The Kier molecular flexibility index (Phi) is 7.72. The van der Waals surface area contributed by atoms with Gasteiger partial charge in [-0.25, -0.2) is 0 Å². The van der Waals surface area contributed by atoms with Crippen molar-refractivity contribution in [3.8, 4) is 0 Å². The molecule has 0 aliphatic carbocycles. The highest BCUT2D eigenvalue weighted by molar-refractivity contribution is 6.30. The maximum Gasteiger partial charge on any atom is 0.261 e. The maximum absolute atomic E-state index is 13.2. The minimum Gasteiger partial charge on any atom is -0.387 e. The largest absolute Gasteiger partial charge is 0.387 e. The van der Waals surface area contributed by atoms with Crippen LogP contribution in [0.1, 0.15) is 49.9 Å². The van der Waals surface area contributed by atoms with E-state index >= 15 is 0 Å². The molecule has 3 N–H and O–H groups in total. The average molecular weight is 576 g/mol. The van der Waals surface area contributed by atoms with E-state index in [4.69, 9.17) is 21.3 Å². The number of anilines is 1. The second-order valence-electron chi connectivity index (χ2n) is 10.4. The SMILES string of the molecule is O=C1c2cc3c(cc2C(=O)N1CCCN1CCOCC1)N=C(c1c(NC[C@@H](O)c2cccc(Cl)c2)cc[nH]c1=O)C3. The Morgan fingerprint density at radius 3 is 2.61 bits per heavy atom. The molecule has 4 heterocycles. The molecule has 1 fully saturated rings. The molecule has 2 amide bonds. The van der Waals surface area contributed by atoms with Crippen LogP contribution in [0.4, 0.5) is 11.4 Å². The van der Waals surface area contributed by atoms with Crippen LogP contribution in [0.15, 0.2) is 58.4 Å². The standard InChI is InChI=1S/C30H30ClN5O5/c31-20-4-1-3-18(13-20)26(37)17-33-23-5-6-32-28(38)27(23)25-15-19-14-21-22(16-24(19)34-25)30(40)36(29(21)39)8-2-7-35-9-11-41-12-10-35/h1,3-6,13-14,16,26,37H,2,7-12,15,17H2,(H2,32,33,38)/t26-/m1/s1. The van der Waals surface area contributed by atoms with E-state index in [9.17, 15) is 19.5 Å². The van der Waals surface area contributed by atoms with Crippen molar-refractivity contribution in [3.05, 3.63) is 91.9 Å². The molecule has 6 rings (SSSR count). The molecule has 2 aromatic carbocycles. The number of carbonyl (C=O) groups excluding carboxylic acids is 2. The Morgan fingerprint density at radius 2 is 1.83 bits per heavy atom. The number of ether oxygens (including phenoxy) is 1. The highest BCUT2D eigenvalue weighted by Gasteiger charge is 2.37. The van der Waals surface area contributed by atoms with Crippen LogP contribution in [-0.4, -0.2) is 83.4 Å². The van der Waals surface area contributed by atoms with Gasteiger partial charge >= 0.3 is 0 Å². The molecule has 0 bridgehead atoms. The first-order valence-corrected chi connectivity index (χ1v) is 14.1. The molecule has 0 saturated carbocycles. The number of nitrogens with zero attached hydrogens (tertiary/aromatic N) is 3. The summed E-state index contributed by atoms with van der Waals surface area (Å²) in [6.07, 6.45) is 1.72. The van der Waals surface area contributed by atoms with Crippen LogP contribution in [0.5, 0.6) is 0 Å². The number of benzene rings is 2. The molecule has 0 radical (unpaired) electrons.